The molecule has 0 aliphatic heterocycles. The fraction of sp³-hybridized carbons (Fsp3) is 0.300. The van der Waals surface area contributed by atoms with Crippen molar-refractivity contribution in [3.8, 4) is 5.75 Å². The van der Waals surface area contributed by atoms with E-state index >= 15 is 0 Å². The number of aliphatic carboxylic acids is 1. The summed E-state index contributed by atoms with van der Waals surface area (Å²) >= 11 is 5.67. The lowest BCUT2D eigenvalue weighted by Gasteiger charge is -2.12. The van der Waals surface area contributed by atoms with Crippen molar-refractivity contribution >= 4 is 17.6 Å². The van der Waals surface area contributed by atoms with Crippen LogP contribution in [0.25, 0.3) is 0 Å². The first-order valence-electron chi connectivity index (χ1n) is 4.20. The van der Waals surface area contributed by atoms with E-state index in [9.17, 15) is 9.18 Å². The molecule has 0 aliphatic carbocycles. The van der Waals surface area contributed by atoms with Crippen LogP contribution >= 0.6 is 11.6 Å². The Bertz CT molecular complexity index is 404. The Labute approximate surface area is 91.4 Å². The van der Waals surface area contributed by atoms with Crippen LogP contribution in [0.1, 0.15) is 11.1 Å². The van der Waals surface area contributed by atoms with Gasteiger partial charge in [-0.3, -0.25) is 4.79 Å². The molecule has 82 valence electrons. The smallest absolute Gasteiger partial charge is 0.308 e. The monoisotopic (exact) mass is 232 g/mol. The zero-order valence-corrected chi connectivity index (χ0v) is 9.06. The van der Waals surface area contributed by atoms with E-state index in [-0.39, 0.29) is 17.0 Å². The second-order valence-electron chi connectivity index (χ2n) is 3.07. The molecule has 3 nitrogen and oxygen atoms in total. The van der Waals surface area contributed by atoms with Gasteiger partial charge in [0.25, 0.3) is 0 Å². The van der Waals surface area contributed by atoms with Gasteiger partial charge in [-0.15, -0.1) is 0 Å². The fourth-order valence-corrected chi connectivity index (χ4v) is 1.60. The Balaban J connectivity index is 3.36. The molecule has 0 saturated heterocycles. The van der Waals surface area contributed by atoms with Gasteiger partial charge in [0, 0.05) is 5.56 Å². The summed E-state index contributed by atoms with van der Waals surface area (Å²) < 4.78 is 18.2. The summed E-state index contributed by atoms with van der Waals surface area (Å²) in [5, 5.41) is 8.46. The molecule has 1 aromatic rings. The van der Waals surface area contributed by atoms with Crippen molar-refractivity contribution in [3.05, 3.63) is 28.0 Å². The molecule has 1 N–H and O–H groups in total. The normalized spacial score (nSPS) is 10.1. The molecule has 0 bridgehead atoms. The van der Waals surface area contributed by atoms with Gasteiger partial charge in [0.15, 0.2) is 0 Å². The summed E-state index contributed by atoms with van der Waals surface area (Å²) in [5.74, 6) is -1.39. The summed E-state index contributed by atoms with van der Waals surface area (Å²) in [6, 6.07) is 1.21. The van der Waals surface area contributed by atoms with Crippen molar-refractivity contribution in [2.24, 2.45) is 0 Å². The molecular formula is C10H10ClFO3. The highest BCUT2D eigenvalue weighted by atomic mass is 35.5. The van der Waals surface area contributed by atoms with Crippen LogP contribution in [0.15, 0.2) is 6.07 Å². The SMILES string of the molecule is COc1c(C)cc(F)c(Cl)c1CC(=O)O. The number of methoxy groups -OCH3 is 1. The van der Waals surface area contributed by atoms with Crippen LogP contribution in [0.5, 0.6) is 5.75 Å². The predicted molar refractivity (Wildman–Crippen MR) is 54.0 cm³/mol. The van der Waals surface area contributed by atoms with Gasteiger partial charge in [0.05, 0.1) is 18.6 Å². The Hall–Kier alpha value is -1.29. The van der Waals surface area contributed by atoms with E-state index in [0.29, 0.717) is 11.3 Å². The second kappa shape index (κ2) is 4.49. The molecule has 0 aromatic heterocycles. The second-order valence-corrected chi connectivity index (χ2v) is 3.45. The van der Waals surface area contributed by atoms with E-state index in [1.165, 1.54) is 13.2 Å². The number of carbonyl (C=O) groups is 1. The maximum Gasteiger partial charge on any atom is 0.308 e. The molecule has 0 saturated carbocycles. The number of hydrogen-bond acceptors (Lipinski definition) is 2. The molecule has 0 aliphatic rings. The first-order chi connectivity index (χ1) is 6.97. The molecule has 0 fully saturated rings. The van der Waals surface area contributed by atoms with Crippen molar-refractivity contribution in [1.82, 2.24) is 0 Å². The number of ether oxygens (including phenoxy) is 1. The zero-order chi connectivity index (χ0) is 11.6. The van der Waals surface area contributed by atoms with Gasteiger partial charge in [0.1, 0.15) is 11.6 Å². The molecule has 0 amide bonds. The third-order valence-electron chi connectivity index (χ3n) is 1.98. The summed E-state index contributed by atoms with van der Waals surface area (Å²) in [6.45, 7) is 1.63. The molecule has 15 heavy (non-hydrogen) atoms. The molecule has 0 unspecified atom stereocenters. The topological polar surface area (TPSA) is 46.5 Å². The standard InChI is InChI=1S/C10H10ClFO3/c1-5-3-7(12)9(11)6(4-8(13)14)10(5)15-2/h3H,4H2,1-2H3,(H,13,14). The van der Waals surface area contributed by atoms with E-state index in [2.05, 4.69) is 0 Å². The molecule has 5 heteroatoms. The molecule has 0 atom stereocenters. The van der Waals surface area contributed by atoms with Crippen molar-refractivity contribution in [2.45, 2.75) is 13.3 Å². The minimum Gasteiger partial charge on any atom is -0.496 e. The number of carboxylic acids is 1. The highest BCUT2D eigenvalue weighted by Gasteiger charge is 2.17. The molecule has 0 radical (unpaired) electrons. The van der Waals surface area contributed by atoms with Crippen LogP contribution < -0.4 is 4.74 Å². The average Bonchev–Trinajstić information content (AvgIpc) is 2.13. The number of halogens is 2. The maximum absolute atomic E-state index is 13.2. The minimum absolute atomic E-state index is 0.171. The van der Waals surface area contributed by atoms with E-state index in [0.717, 1.165) is 0 Å². The van der Waals surface area contributed by atoms with Gasteiger partial charge >= 0.3 is 5.97 Å². The van der Waals surface area contributed by atoms with E-state index in [1.54, 1.807) is 6.92 Å². The average molecular weight is 233 g/mol. The molecule has 1 rings (SSSR count). The van der Waals surface area contributed by atoms with Crippen molar-refractivity contribution in [2.75, 3.05) is 7.11 Å². The lowest BCUT2D eigenvalue weighted by molar-refractivity contribution is -0.136. The van der Waals surface area contributed by atoms with Crippen LogP contribution in [-0.2, 0) is 11.2 Å². The lowest BCUT2D eigenvalue weighted by atomic mass is 10.1. The van der Waals surface area contributed by atoms with Crippen LogP contribution in [0.3, 0.4) is 0 Å². The van der Waals surface area contributed by atoms with E-state index < -0.39 is 11.8 Å². The Morgan fingerprint density at radius 3 is 2.73 bits per heavy atom. The first-order valence-corrected chi connectivity index (χ1v) is 4.58. The van der Waals surface area contributed by atoms with Crippen molar-refractivity contribution in [3.63, 3.8) is 0 Å². The summed E-state index contributed by atoms with van der Waals surface area (Å²) in [7, 11) is 1.39. The maximum atomic E-state index is 13.2. The number of hydrogen-bond donors (Lipinski definition) is 1. The largest absolute Gasteiger partial charge is 0.496 e. The quantitative estimate of drug-likeness (QED) is 0.871. The zero-order valence-electron chi connectivity index (χ0n) is 8.30. The molecule has 1 aromatic carbocycles. The van der Waals surface area contributed by atoms with Crippen LogP contribution in [0, 0.1) is 12.7 Å². The predicted octanol–water partition coefficient (Wildman–Crippen LogP) is 2.42. The Kier molecular flexibility index (Phi) is 3.52. The lowest BCUT2D eigenvalue weighted by Crippen LogP contribution is -2.05. The van der Waals surface area contributed by atoms with Gasteiger partial charge in [-0.05, 0) is 18.6 Å². The fourth-order valence-electron chi connectivity index (χ4n) is 1.39. The molecule has 0 spiro atoms. The van der Waals surface area contributed by atoms with E-state index in [1.807, 2.05) is 0 Å². The first kappa shape index (κ1) is 11.8. The highest BCUT2D eigenvalue weighted by molar-refractivity contribution is 6.32. The number of carboxylic acid groups (broad SMARTS) is 1. The Morgan fingerprint density at radius 2 is 2.27 bits per heavy atom. The van der Waals surface area contributed by atoms with Gasteiger partial charge < -0.3 is 9.84 Å². The summed E-state index contributed by atoms with van der Waals surface area (Å²) in [6.07, 6.45) is -0.361. The number of aryl methyl sites for hydroxylation is 1. The summed E-state index contributed by atoms with van der Waals surface area (Å²) in [4.78, 5) is 10.6. The Morgan fingerprint density at radius 1 is 1.67 bits per heavy atom. The highest BCUT2D eigenvalue weighted by Crippen LogP contribution is 2.32. The summed E-state index contributed by atoms with van der Waals surface area (Å²) in [5.41, 5.74) is 0.694. The van der Waals surface area contributed by atoms with Gasteiger partial charge in [-0.1, -0.05) is 11.6 Å². The molecule has 0 heterocycles. The van der Waals surface area contributed by atoms with Gasteiger partial charge in [-0.25, -0.2) is 4.39 Å². The van der Waals surface area contributed by atoms with Crippen LogP contribution in [-0.4, -0.2) is 18.2 Å². The van der Waals surface area contributed by atoms with E-state index in [4.69, 9.17) is 21.4 Å². The third kappa shape index (κ3) is 2.39. The molecular weight excluding hydrogens is 223 g/mol. The van der Waals surface area contributed by atoms with Gasteiger partial charge in [-0.2, -0.15) is 0 Å². The van der Waals surface area contributed by atoms with Crippen molar-refractivity contribution < 1.29 is 19.0 Å². The van der Waals surface area contributed by atoms with Gasteiger partial charge in [0.2, 0.25) is 0 Å². The minimum atomic E-state index is -1.08. The van der Waals surface area contributed by atoms with Crippen LogP contribution in [0.4, 0.5) is 4.39 Å². The number of benzene rings is 1. The third-order valence-corrected chi connectivity index (χ3v) is 2.39. The van der Waals surface area contributed by atoms with Crippen LogP contribution in [0.2, 0.25) is 5.02 Å². The number of rotatable bonds is 3. The van der Waals surface area contributed by atoms with Crippen molar-refractivity contribution in [1.29, 1.82) is 0 Å².